The van der Waals surface area contributed by atoms with E-state index in [1.807, 2.05) is 60.7 Å². The molecule has 0 radical (unpaired) electrons. The SMILES string of the molecule is O=c1[nH]c(=S)[nH]c2c1C(c1ccccc1Cl)C=C(c1ccccc1)N2. The first-order chi connectivity index (χ1) is 12.1. The molecule has 1 aromatic heterocycles. The van der Waals surface area contributed by atoms with E-state index < -0.39 is 0 Å². The van der Waals surface area contributed by atoms with Crippen molar-refractivity contribution in [1.29, 1.82) is 0 Å². The number of nitrogens with one attached hydrogen (secondary N) is 3. The maximum absolute atomic E-state index is 12.6. The lowest BCUT2D eigenvalue weighted by molar-refractivity contribution is 0.930. The van der Waals surface area contributed by atoms with Crippen molar-refractivity contribution in [1.82, 2.24) is 9.97 Å². The van der Waals surface area contributed by atoms with E-state index in [-0.39, 0.29) is 16.2 Å². The summed E-state index contributed by atoms with van der Waals surface area (Å²) in [6.07, 6.45) is 2.02. The van der Waals surface area contributed by atoms with Crippen molar-refractivity contribution in [2.45, 2.75) is 5.92 Å². The molecule has 1 aliphatic rings. The first-order valence-electron chi connectivity index (χ1n) is 7.78. The second-order valence-corrected chi connectivity index (χ2v) is 6.58. The van der Waals surface area contributed by atoms with Gasteiger partial charge in [-0.15, -0.1) is 0 Å². The van der Waals surface area contributed by atoms with Crippen molar-refractivity contribution in [2.75, 3.05) is 5.32 Å². The normalized spacial score (nSPS) is 15.9. The molecular weight excluding hydrogens is 354 g/mol. The summed E-state index contributed by atoms with van der Waals surface area (Å²) >= 11 is 11.5. The average Bonchev–Trinajstić information content (AvgIpc) is 2.61. The van der Waals surface area contributed by atoms with Crippen molar-refractivity contribution < 1.29 is 0 Å². The molecule has 1 atom stereocenters. The molecule has 0 saturated carbocycles. The van der Waals surface area contributed by atoms with Gasteiger partial charge in [0.25, 0.3) is 5.56 Å². The number of anilines is 1. The maximum atomic E-state index is 12.6. The van der Waals surface area contributed by atoms with Gasteiger partial charge < -0.3 is 10.3 Å². The molecule has 4 nitrogen and oxygen atoms in total. The number of H-pyrrole nitrogens is 2. The van der Waals surface area contributed by atoms with Crippen LogP contribution in [0.1, 0.15) is 22.6 Å². The fourth-order valence-electron chi connectivity index (χ4n) is 3.08. The highest BCUT2D eigenvalue weighted by Gasteiger charge is 2.27. The third-order valence-electron chi connectivity index (χ3n) is 4.21. The summed E-state index contributed by atoms with van der Waals surface area (Å²) in [6.45, 7) is 0. The molecule has 2 heterocycles. The van der Waals surface area contributed by atoms with Crippen molar-refractivity contribution in [2.24, 2.45) is 0 Å². The number of aromatic amines is 2. The summed E-state index contributed by atoms with van der Waals surface area (Å²) in [4.78, 5) is 18.3. The van der Waals surface area contributed by atoms with Gasteiger partial charge in [-0.3, -0.25) is 9.78 Å². The Balaban J connectivity index is 1.97. The van der Waals surface area contributed by atoms with Crippen LogP contribution in [0.25, 0.3) is 5.70 Å². The lowest BCUT2D eigenvalue weighted by Gasteiger charge is -2.26. The Morgan fingerprint density at radius 1 is 0.960 bits per heavy atom. The minimum atomic E-state index is -0.282. The summed E-state index contributed by atoms with van der Waals surface area (Å²) in [5, 5.41) is 3.91. The second kappa shape index (κ2) is 6.35. The highest BCUT2D eigenvalue weighted by Crippen LogP contribution is 2.38. The molecule has 25 heavy (non-hydrogen) atoms. The Labute approximate surface area is 154 Å². The molecule has 0 amide bonds. The van der Waals surface area contributed by atoms with E-state index in [4.69, 9.17) is 23.8 Å². The van der Waals surface area contributed by atoms with Gasteiger partial charge in [0.05, 0.1) is 5.56 Å². The van der Waals surface area contributed by atoms with Crippen molar-refractivity contribution in [3.63, 3.8) is 0 Å². The van der Waals surface area contributed by atoms with Gasteiger partial charge in [-0.2, -0.15) is 0 Å². The van der Waals surface area contributed by atoms with E-state index in [0.29, 0.717) is 16.4 Å². The van der Waals surface area contributed by atoms with Gasteiger partial charge in [0, 0.05) is 16.6 Å². The van der Waals surface area contributed by atoms with Crippen LogP contribution >= 0.6 is 23.8 Å². The molecule has 0 saturated heterocycles. The third kappa shape index (κ3) is 2.92. The lowest BCUT2D eigenvalue weighted by atomic mass is 9.88. The minimum absolute atomic E-state index is 0.223. The molecule has 1 aliphatic heterocycles. The van der Waals surface area contributed by atoms with Crippen LogP contribution < -0.4 is 10.9 Å². The molecule has 3 N–H and O–H groups in total. The molecule has 0 spiro atoms. The number of benzene rings is 2. The van der Waals surface area contributed by atoms with Crippen molar-refractivity contribution in [3.8, 4) is 0 Å². The molecule has 0 aliphatic carbocycles. The number of halogens is 1. The van der Waals surface area contributed by atoms with Gasteiger partial charge in [0.15, 0.2) is 4.77 Å². The highest BCUT2D eigenvalue weighted by atomic mass is 35.5. The number of allylic oxidation sites excluding steroid dienone is 1. The highest BCUT2D eigenvalue weighted by molar-refractivity contribution is 7.71. The predicted octanol–water partition coefficient (Wildman–Crippen LogP) is 4.68. The van der Waals surface area contributed by atoms with Crippen LogP contribution in [0, 0.1) is 4.77 Å². The lowest BCUT2D eigenvalue weighted by Crippen LogP contribution is -2.24. The van der Waals surface area contributed by atoms with Gasteiger partial charge >= 0.3 is 0 Å². The van der Waals surface area contributed by atoms with Crippen LogP contribution in [0.5, 0.6) is 0 Å². The Hall–Kier alpha value is -2.63. The summed E-state index contributed by atoms with van der Waals surface area (Å²) in [5.74, 6) is 0.316. The fourth-order valence-corrected chi connectivity index (χ4v) is 3.52. The smallest absolute Gasteiger partial charge is 0.257 e. The van der Waals surface area contributed by atoms with E-state index in [2.05, 4.69) is 15.3 Å². The third-order valence-corrected chi connectivity index (χ3v) is 4.76. The van der Waals surface area contributed by atoms with Crippen LogP contribution in [0.3, 0.4) is 0 Å². The Bertz CT molecular complexity index is 1090. The molecule has 4 rings (SSSR count). The molecular formula is C19H14ClN3OS. The molecule has 124 valence electrons. The number of hydrogen-bond acceptors (Lipinski definition) is 3. The minimum Gasteiger partial charge on any atom is -0.341 e. The first-order valence-corrected chi connectivity index (χ1v) is 8.57. The Kier molecular flexibility index (Phi) is 4.03. The number of hydrogen-bond donors (Lipinski definition) is 3. The van der Waals surface area contributed by atoms with Crippen LogP contribution in [0.2, 0.25) is 5.02 Å². The molecule has 2 aromatic carbocycles. The Morgan fingerprint density at radius 3 is 2.44 bits per heavy atom. The van der Waals surface area contributed by atoms with E-state index in [1.165, 1.54) is 0 Å². The second-order valence-electron chi connectivity index (χ2n) is 5.77. The molecule has 6 heteroatoms. The van der Waals surface area contributed by atoms with E-state index in [0.717, 1.165) is 16.8 Å². The van der Waals surface area contributed by atoms with Crippen LogP contribution in [0.4, 0.5) is 5.82 Å². The van der Waals surface area contributed by atoms with Gasteiger partial charge in [0.2, 0.25) is 0 Å². The maximum Gasteiger partial charge on any atom is 0.257 e. The van der Waals surface area contributed by atoms with Crippen molar-refractivity contribution >= 4 is 35.3 Å². The summed E-state index contributed by atoms with van der Waals surface area (Å²) in [5.41, 5.74) is 3.14. The number of rotatable bonds is 2. The number of aromatic nitrogens is 2. The fraction of sp³-hybridized carbons (Fsp3) is 0.0526. The quantitative estimate of drug-likeness (QED) is 0.576. The van der Waals surface area contributed by atoms with E-state index in [1.54, 1.807) is 0 Å². The molecule has 1 unspecified atom stereocenters. The van der Waals surface area contributed by atoms with Crippen LogP contribution in [0.15, 0.2) is 65.5 Å². The van der Waals surface area contributed by atoms with E-state index >= 15 is 0 Å². The monoisotopic (exact) mass is 367 g/mol. The zero-order valence-corrected chi connectivity index (χ0v) is 14.6. The summed E-state index contributed by atoms with van der Waals surface area (Å²) in [7, 11) is 0. The summed E-state index contributed by atoms with van der Waals surface area (Å²) in [6, 6.07) is 17.5. The first kappa shape index (κ1) is 15.9. The largest absolute Gasteiger partial charge is 0.341 e. The zero-order valence-electron chi connectivity index (χ0n) is 13.0. The zero-order chi connectivity index (χ0) is 17.4. The van der Waals surface area contributed by atoms with E-state index in [9.17, 15) is 4.79 Å². The molecule has 0 fully saturated rings. The van der Waals surface area contributed by atoms with Crippen LogP contribution in [-0.4, -0.2) is 9.97 Å². The standard InChI is InChI=1S/C19H14ClN3OS/c20-14-9-5-4-8-12(14)13-10-15(11-6-2-1-3-7-11)21-17-16(13)18(24)23-19(25)22-17/h1-10,13H,(H3,21,22,23,24,25). The molecule has 3 aromatic rings. The molecule has 0 bridgehead atoms. The van der Waals surface area contributed by atoms with Crippen LogP contribution in [-0.2, 0) is 0 Å². The van der Waals surface area contributed by atoms with Crippen molar-refractivity contribution in [3.05, 3.63) is 97.5 Å². The van der Waals surface area contributed by atoms with Gasteiger partial charge in [-0.25, -0.2) is 0 Å². The number of fused-ring (bicyclic) bond motifs is 1. The van der Waals surface area contributed by atoms with Gasteiger partial charge in [-0.1, -0.05) is 60.1 Å². The van der Waals surface area contributed by atoms with Gasteiger partial charge in [-0.05, 0) is 35.5 Å². The average molecular weight is 368 g/mol. The Morgan fingerprint density at radius 2 is 1.68 bits per heavy atom. The summed E-state index contributed by atoms with van der Waals surface area (Å²) < 4.78 is 0.281. The predicted molar refractivity (Wildman–Crippen MR) is 104 cm³/mol. The van der Waals surface area contributed by atoms with Gasteiger partial charge in [0.1, 0.15) is 5.82 Å². The topological polar surface area (TPSA) is 60.7 Å².